The molecule has 0 aliphatic heterocycles. The van der Waals surface area contributed by atoms with E-state index in [0.717, 1.165) is 9.80 Å². The molecule has 128 valence electrons. The van der Waals surface area contributed by atoms with Crippen molar-refractivity contribution in [3.05, 3.63) is 0 Å². The first-order valence-corrected chi connectivity index (χ1v) is 5.74. The summed E-state index contributed by atoms with van der Waals surface area (Å²) in [5, 5.41) is 26.0. The number of rotatable bonds is 11. The molecule has 22 heavy (non-hydrogen) atoms. The fourth-order valence-electron chi connectivity index (χ4n) is 1.50. The van der Waals surface area contributed by atoms with Crippen LogP contribution in [0.15, 0.2) is 0 Å². The number of carbonyl (C=O) groups excluding carboxylic acids is 1. The zero-order valence-corrected chi connectivity index (χ0v) is 12.6. The van der Waals surface area contributed by atoms with Crippen molar-refractivity contribution in [1.29, 1.82) is 0 Å². The van der Waals surface area contributed by atoms with Crippen LogP contribution in [0.5, 0.6) is 0 Å². The van der Waals surface area contributed by atoms with Gasteiger partial charge in [-0.25, -0.2) is 4.79 Å². The maximum atomic E-state index is 11.0. The predicted molar refractivity (Wildman–Crippen MR) is 66.1 cm³/mol. The van der Waals surface area contributed by atoms with Gasteiger partial charge < -0.3 is 20.2 Å². The molecule has 0 heterocycles. The summed E-state index contributed by atoms with van der Waals surface area (Å²) in [6, 6.07) is 0. The van der Waals surface area contributed by atoms with E-state index >= 15 is 0 Å². The van der Waals surface area contributed by atoms with E-state index in [9.17, 15) is 19.2 Å². The molecule has 0 unspecified atom stereocenters. The van der Waals surface area contributed by atoms with Crippen LogP contribution in [0.3, 0.4) is 0 Å². The van der Waals surface area contributed by atoms with Crippen molar-refractivity contribution in [3.63, 3.8) is 0 Å². The van der Waals surface area contributed by atoms with E-state index < -0.39 is 50.1 Å². The van der Waals surface area contributed by atoms with Gasteiger partial charge in [0.15, 0.2) is 0 Å². The quantitative estimate of drug-likeness (QED) is 0.222. The number of nitrogens with two attached hydrogens (primary N) is 1. The van der Waals surface area contributed by atoms with Crippen LogP contribution in [0.4, 0.5) is 0 Å². The molecule has 0 radical (unpaired) electrons. The summed E-state index contributed by atoms with van der Waals surface area (Å²) in [6.07, 6.45) is 0. The van der Waals surface area contributed by atoms with Crippen LogP contribution >= 0.6 is 0 Å². The molecule has 0 bridgehead atoms. The Hall–Kier alpha value is -1.72. The number of carbonyl (C=O) groups is 4. The SMILES string of the molecule is NOC(=O)CN(CCN(CC(=O)O)CC(=O)O)CC(=O)O.[Fe]. The molecular weight excluding hydrogens is 346 g/mol. The number of carboxylic acids is 3. The van der Waals surface area contributed by atoms with Gasteiger partial charge in [-0.05, 0) is 0 Å². The maximum absolute atomic E-state index is 11.0. The number of hydrogen-bond acceptors (Lipinski definition) is 8. The largest absolute Gasteiger partial charge is 0.480 e. The van der Waals surface area contributed by atoms with Crippen LogP contribution in [-0.2, 0) is 41.1 Å². The number of hydrogen-bond donors (Lipinski definition) is 4. The molecule has 5 N–H and O–H groups in total. The van der Waals surface area contributed by atoms with Crippen molar-refractivity contribution in [2.75, 3.05) is 39.3 Å². The average Bonchev–Trinajstić information content (AvgIpc) is 2.33. The Morgan fingerprint density at radius 2 is 1.09 bits per heavy atom. The second-order valence-electron chi connectivity index (χ2n) is 4.09. The van der Waals surface area contributed by atoms with Crippen molar-refractivity contribution in [1.82, 2.24) is 9.80 Å². The molecule has 0 rings (SSSR count). The summed E-state index contributed by atoms with van der Waals surface area (Å²) in [5.74, 6) is 0.142. The molecule has 12 heteroatoms. The zero-order valence-electron chi connectivity index (χ0n) is 11.5. The smallest absolute Gasteiger partial charge is 0.338 e. The first-order chi connectivity index (χ1) is 9.74. The third-order valence-electron chi connectivity index (χ3n) is 2.29. The summed E-state index contributed by atoms with van der Waals surface area (Å²) < 4.78 is 0. The average molecular weight is 363 g/mol. The third-order valence-corrected chi connectivity index (χ3v) is 2.29. The fraction of sp³-hybridized carbons (Fsp3) is 0.600. The standard InChI is InChI=1S/C10H17N3O8.Fe/c11-21-10(20)6-13(5-9(18)19)2-1-12(3-7(14)15)4-8(16)17;/h1-6,11H2,(H,14,15)(H,16,17)(H,18,19);. The van der Waals surface area contributed by atoms with Crippen LogP contribution in [0.1, 0.15) is 0 Å². The van der Waals surface area contributed by atoms with Gasteiger partial charge in [0.1, 0.15) is 0 Å². The Morgan fingerprint density at radius 1 is 0.773 bits per heavy atom. The molecule has 0 atom stereocenters. The van der Waals surface area contributed by atoms with Crippen molar-refractivity contribution >= 4 is 23.9 Å². The van der Waals surface area contributed by atoms with Crippen molar-refractivity contribution < 1.29 is 56.4 Å². The molecule has 0 saturated heterocycles. The van der Waals surface area contributed by atoms with E-state index in [1.165, 1.54) is 0 Å². The summed E-state index contributed by atoms with van der Waals surface area (Å²) >= 11 is 0. The third kappa shape index (κ3) is 12.1. The van der Waals surface area contributed by atoms with Crippen molar-refractivity contribution in [2.45, 2.75) is 0 Å². The fourth-order valence-corrected chi connectivity index (χ4v) is 1.50. The Morgan fingerprint density at radius 3 is 1.36 bits per heavy atom. The number of aliphatic carboxylic acids is 3. The second-order valence-corrected chi connectivity index (χ2v) is 4.09. The molecule has 0 aliphatic rings. The number of nitrogens with zero attached hydrogens (tertiary/aromatic N) is 2. The van der Waals surface area contributed by atoms with E-state index in [-0.39, 0.29) is 30.2 Å². The van der Waals surface area contributed by atoms with Gasteiger partial charge in [0, 0.05) is 30.2 Å². The summed E-state index contributed by atoms with van der Waals surface area (Å²) in [6.45, 7) is -2.03. The van der Waals surface area contributed by atoms with Crippen molar-refractivity contribution in [3.8, 4) is 0 Å². The molecule has 0 spiro atoms. The van der Waals surface area contributed by atoms with Crippen LogP contribution in [0, 0.1) is 0 Å². The van der Waals surface area contributed by atoms with Crippen molar-refractivity contribution in [2.24, 2.45) is 5.90 Å². The van der Waals surface area contributed by atoms with Gasteiger partial charge in [0.05, 0.1) is 26.2 Å². The van der Waals surface area contributed by atoms with Crippen LogP contribution in [-0.4, -0.2) is 88.3 Å². The minimum atomic E-state index is -1.22. The Balaban J connectivity index is 0. The normalized spacial score (nSPS) is 10.1. The van der Waals surface area contributed by atoms with Gasteiger partial charge >= 0.3 is 23.9 Å². The number of carboxylic acid groups (broad SMARTS) is 3. The first kappa shape index (κ1) is 22.6. The maximum Gasteiger partial charge on any atom is 0.338 e. The Bertz CT molecular complexity index is 390. The Kier molecular flexibility index (Phi) is 12.2. The van der Waals surface area contributed by atoms with Gasteiger partial charge in [0.2, 0.25) is 0 Å². The van der Waals surface area contributed by atoms with E-state index in [1.54, 1.807) is 0 Å². The summed E-state index contributed by atoms with van der Waals surface area (Å²) in [4.78, 5) is 49.0. The van der Waals surface area contributed by atoms with Gasteiger partial charge in [0.25, 0.3) is 0 Å². The van der Waals surface area contributed by atoms with E-state index in [2.05, 4.69) is 10.7 Å². The molecule has 0 amide bonds. The van der Waals surface area contributed by atoms with Gasteiger partial charge in [-0.3, -0.25) is 24.2 Å². The first-order valence-electron chi connectivity index (χ1n) is 5.74. The summed E-state index contributed by atoms with van der Waals surface area (Å²) in [7, 11) is 0. The van der Waals surface area contributed by atoms with Crippen LogP contribution in [0.2, 0.25) is 0 Å². The minimum absolute atomic E-state index is 0. The molecule has 0 aromatic rings. The molecule has 0 aliphatic carbocycles. The molecule has 0 fully saturated rings. The second kappa shape index (κ2) is 11.9. The minimum Gasteiger partial charge on any atom is -0.480 e. The molecule has 11 nitrogen and oxygen atoms in total. The molecule has 0 saturated carbocycles. The van der Waals surface area contributed by atoms with Crippen LogP contribution < -0.4 is 5.90 Å². The topological polar surface area (TPSA) is 171 Å². The molecule has 0 aromatic carbocycles. The zero-order chi connectivity index (χ0) is 16.4. The van der Waals surface area contributed by atoms with Gasteiger partial charge in [-0.1, -0.05) is 0 Å². The van der Waals surface area contributed by atoms with Crippen LogP contribution in [0.25, 0.3) is 0 Å². The van der Waals surface area contributed by atoms with E-state index in [0.29, 0.717) is 0 Å². The van der Waals surface area contributed by atoms with Gasteiger partial charge in [-0.15, -0.1) is 0 Å². The van der Waals surface area contributed by atoms with E-state index in [1.807, 2.05) is 0 Å². The van der Waals surface area contributed by atoms with Gasteiger partial charge in [-0.2, -0.15) is 5.90 Å². The van der Waals surface area contributed by atoms with E-state index in [4.69, 9.17) is 15.3 Å². The molecule has 0 aromatic heterocycles. The summed E-state index contributed by atoms with van der Waals surface area (Å²) in [5.41, 5.74) is 0. The Labute approximate surface area is 136 Å². The predicted octanol–water partition coefficient (Wildman–Crippen LogP) is -2.74. The monoisotopic (exact) mass is 363 g/mol. The molecular formula is C10H17FeN3O8.